The van der Waals surface area contributed by atoms with Gasteiger partial charge >= 0.3 is 0 Å². The van der Waals surface area contributed by atoms with Gasteiger partial charge in [0.1, 0.15) is 0 Å². The molecule has 0 bridgehead atoms. The van der Waals surface area contributed by atoms with Crippen LogP contribution >= 0.6 is 0 Å². The van der Waals surface area contributed by atoms with Crippen LogP contribution in [0.25, 0.3) is 0 Å². The molecule has 1 aromatic rings. The third kappa shape index (κ3) is 3.90. The smallest absolute Gasteiger partial charge is 0.228 e. The Morgan fingerprint density at radius 2 is 2.08 bits per heavy atom. The Hall–Kier alpha value is -1.59. The normalized spacial score (nSPS) is 21.0. The summed E-state index contributed by atoms with van der Waals surface area (Å²) in [6, 6.07) is 0. The summed E-state index contributed by atoms with van der Waals surface area (Å²) in [6.45, 7) is 7.20. The number of aromatic nitrogens is 2. The molecule has 6 heteroatoms. The zero-order chi connectivity index (χ0) is 17.0. The Bertz CT molecular complexity index is 560. The van der Waals surface area contributed by atoms with Gasteiger partial charge in [-0.15, -0.1) is 0 Å². The second-order valence-corrected chi connectivity index (χ2v) is 7.66. The standard InChI is InChI=1S/C18H31N5O/c1-14(2)16-21-15(24-22-16)7-11-20-17(19-3)23-12-10-18(13-23)8-5-4-6-9-18/h14H,4-13H2,1-3H3,(H,19,20). The molecule has 24 heavy (non-hydrogen) atoms. The molecule has 1 spiro atoms. The van der Waals surface area contributed by atoms with E-state index < -0.39 is 0 Å². The summed E-state index contributed by atoms with van der Waals surface area (Å²) in [5, 5.41) is 7.48. The molecule has 0 aromatic carbocycles. The second-order valence-electron chi connectivity index (χ2n) is 7.66. The number of nitrogens with zero attached hydrogens (tertiary/aromatic N) is 4. The van der Waals surface area contributed by atoms with Crippen molar-refractivity contribution >= 4 is 5.96 Å². The molecule has 1 aromatic heterocycles. The Morgan fingerprint density at radius 1 is 1.29 bits per heavy atom. The highest BCUT2D eigenvalue weighted by Crippen LogP contribution is 2.43. The molecular formula is C18H31N5O. The summed E-state index contributed by atoms with van der Waals surface area (Å²) in [4.78, 5) is 11.3. The molecule has 0 radical (unpaired) electrons. The van der Waals surface area contributed by atoms with Crippen LogP contribution in [-0.2, 0) is 6.42 Å². The van der Waals surface area contributed by atoms with Gasteiger partial charge in [-0.05, 0) is 24.7 Å². The molecule has 1 aliphatic carbocycles. The van der Waals surface area contributed by atoms with Crippen molar-refractivity contribution in [2.45, 2.75) is 64.7 Å². The van der Waals surface area contributed by atoms with Gasteiger partial charge in [0, 0.05) is 39.0 Å². The first kappa shape index (κ1) is 17.2. The highest BCUT2D eigenvalue weighted by atomic mass is 16.5. The van der Waals surface area contributed by atoms with Crippen LogP contribution in [0.15, 0.2) is 9.52 Å². The molecule has 2 heterocycles. The van der Waals surface area contributed by atoms with Crippen LogP contribution < -0.4 is 5.32 Å². The third-order valence-electron chi connectivity index (χ3n) is 5.49. The van der Waals surface area contributed by atoms with E-state index in [2.05, 4.69) is 39.2 Å². The number of guanidine groups is 1. The summed E-state index contributed by atoms with van der Waals surface area (Å²) >= 11 is 0. The summed E-state index contributed by atoms with van der Waals surface area (Å²) in [7, 11) is 1.87. The largest absolute Gasteiger partial charge is 0.356 e. The van der Waals surface area contributed by atoms with Crippen molar-refractivity contribution < 1.29 is 4.52 Å². The van der Waals surface area contributed by atoms with Crippen LogP contribution in [0.5, 0.6) is 0 Å². The third-order valence-corrected chi connectivity index (χ3v) is 5.49. The van der Waals surface area contributed by atoms with E-state index in [1.165, 1.54) is 38.5 Å². The zero-order valence-electron chi connectivity index (χ0n) is 15.3. The lowest BCUT2D eigenvalue weighted by Gasteiger charge is -2.33. The SMILES string of the molecule is CN=C(NCCc1nc(C(C)C)no1)N1CCC2(CCCCC2)C1. The van der Waals surface area contributed by atoms with Gasteiger partial charge in [0.25, 0.3) is 0 Å². The number of aliphatic imine (C=N–C) groups is 1. The molecule has 0 unspecified atom stereocenters. The van der Waals surface area contributed by atoms with Crippen molar-refractivity contribution in [2.75, 3.05) is 26.7 Å². The molecule has 134 valence electrons. The van der Waals surface area contributed by atoms with Crippen molar-refractivity contribution in [3.05, 3.63) is 11.7 Å². The van der Waals surface area contributed by atoms with Gasteiger partial charge in [0.2, 0.25) is 5.89 Å². The van der Waals surface area contributed by atoms with Gasteiger partial charge in [-0.3, -0.25) is 4.99 Å². The van der Waals surface area contributed by atoms with Gasteiger partial charge in [0.15, 0.2) is 11.8 Å². The Kier molecular flexibility index (Phi) is 5.41. The lowest BCUT2D eigenvalue weighted by atomic mass is 9.73. The fourth-order valence-electron chi connectivity index (χ4n) is 4.04. The zero-order valence-corrected chi connectivity index (χ0v) is 15.3. The average molecular weight is 333 g/mol. The van der Waals surface area contributed by atoms with E-state index in [-0.39, 0.29) is 0 Å². The van der Waals surface area contributed by atoms with E-state index in [0.717, 1.165) is 37.8 Å². The minimum Gasteiger partial charge on any atom is -0.356 e. The Balaban J connectivity index is 1.48. The monoisotopic (exact) mass is 333 g/mol. The number of hydrogen-bond donors (Lipinski definition) is 1. The minimum absolute atomic E-state index is 0.305. The van der Waals surface area contributed by atoms with E-state index >= 15 is 0 Å². The van der Waals surface area contributed by atoms with Crippen molar-refractivity contribution in [1.82, 2.24) is 20.4 Å². The van der Waals surface area contributed by atoms with E-state index in [9.17, 15) is 0 Å². The molecule has 1 saturated carbocycles. The van der Waals surface area contributed by atoms with Gasteiger partial charge in [-0.1, -0.05) is 38.3 Å². The Labute approximate surface area is 145 Å². The van der Waals surface area contributed by atoms with Gasteiger partial charge < -0.3 is 14.7 Å². The second kappa shape index (κ2) is 7.53. The lowest BCUT2D eigenvalue weighted by Crippen LogP contribution is -2.42. The van der Waals surface area contributed by atoms with Crippen LogP contribution in [0.3, 0.4) is 0 Å². The lowest BCUT2D eigenvalue weighted by molar-refractivity contribution is 0.203. The van der Waals surface area contributed by atoms with Gasteiger partial charge in [0.05, 0.1) is 0 Å². The van der Waals surface area contributed by atoms with Crippen LogP contribution in [-0.4, -0.2) is 47.7 Å². The van der Waals surface area contributed by atoms with Crippen molar-refractivity contribution in [2.24, 2.45) is 10.4 Å². The summed E-state index contributed by atoms with van der Waals surface area (Å²) in [5.41, 5.74) is 0.550. The van der Waals surface area contributed by atoms with Crippen molar-refractivity contribution in [3.8, 4) is 0 Å². The quantitative estimate of drug-likeness (QED) is 0.678. The number of likely N-dealkylation sites (tertiary alicyclic amines) is 1. The first-order valence-electron chi connectivity index (χ1n) is 9.40. The molecule has 1 aliphatic heterocycles. The summed E-state index contributed by atoms with van der Waals surface area (Å²) in [5.74, 6) is 2.81. The molecule has 6 nitrogen and oxygen atoms in total. The molecule has 2 aliphatic rings. The molecule has 1 N–H and O–H groups in total. The maximum absolute atomic E-state index is 5.30. The molecule has 3 rings (SSSR count). The number of nitrogens with one attached hydrogen (secondary N) is 1. The summed E-state index contributed by atoms with van der Waals surface area (Å²) < 4.78 is 5.30. The van der Waals surface area contributed by atoms with Crippen LogP contribution in [0.4, 0.5) is 0 Å². The van der Waals surface area contributed by atoms with Crippen LogP contribution in [0.2, 0.25) is 0 Å². The van der Waals surface area contributed by atoms with Crippen molar-refractivity contribution in [3.63, 3.8) is 0 Å². The molecule has 0 amide bonds. The number of rotatable bonds is 4. The Morgan fingerprint density at radius 3 is 2.75 bits per heavy atom. The average Bonchev–Trinajstić information content (AvgIpc) is 3.20. The first-order chi connectivity index (χ1) is 11.6. The topological polar surface area (TPSA) is 66.5 Å². The fraction of sp³-hybridized carbons (Fsp3) is 0.833. The van der Waals surface area contributed by atoms with E-state index in [4.69, 9.17) is 4.52 Å². The van der Waals surface area contributed by atoms with E-state index in [0.29, 0.717) is 17.2 Å². The molecule has 0 atom stereocenters. The predicted octanol–water partition coefficient (Wildman–Crippen LogP) is 2.97. The van der Waals surface area contributed by atoms with Crippen LogP contribution in [0.1, 0.15) is 70.0 Å². The maximum Gasteiger partial charge on any atom is 0.228 e. The molecular weight excluding hydrogens is 302 g/mol. The first-order valence-corrected chi connectivity index (χ1v) is 9.40. The minimum atomic E-state index is 0.305. The maximum atomic E-state index is 5.30. The highest BCUT2D eigenvalue weighted by molar-refractivity contribution is 5.80. The van der Waals surface area contributed by atoms with E-state index in [1.807, 2.05) is 7.05 Å². The van der Waals surface area contributed by atoms with Gasteiger partial charge in [-0.25, -0.2) is 0 Å². The van der Waals surface area contributed by atoms with Crippen LogP contribution in [0, 0.1) is 5.41 Å². The summed E-state index contributed by atoms with van der Waals surface area (Å²) in [6.07, 6.45) is 9.04. The number of hydrogen-bond acceptors (Lipinski definition) is 4. The fourth-order valence-corrected chi connectivity index (χ4v) is 4.04. The molecule has 2 fully saturated rings. The highest BCUT2D eigenvalue weighted by Gasteiger charge is 2.39. The van der Waals surface area contributed by atoms with Crippen molar-refractivity contribution in [1.29, 1.82) is 0 Å². The molecule has 1 saturated heterocycles. The predicted molar refractivity (Wildman–Crippen MR) is 95.2 cm³/mol. The van der Waals surface area contributed by atoms with Gasteiger partial charge in [-0.2, -0.15) is 4.98 Å². The van der Waals surface area contributed by atoms with E-state index in [1.54, 1.807) is 0 Å².